The molecule has 0 aliphatic carbocycles. The molecular weight excluding hydrogens is 267 g/mol. The summed E-state index contributed by atoms with van der Waals surface area (Å²) >= 11 is 1.36. The van der Waals surface area contributed by atoms with Gasteiger partial charge in [0.25, 0.3) is 0 Å². The molecule has 1 aromatic heterocycles. The largest absolute Gasteiger partial charge is 0.464 e. The summed E-state index contributed by atoms with van der Waals surface area (Å²) in [6.07, 6.45) is 0. The molecule has 0 aliphatic rings. The van der Waals surface area contributed by atoms with Gasteiger partial charge in [0.05, 0.1) is 7.11 Å². The van der Waals surface area contributed by atoms with Crippen LogP contribution < -0.4 is 4.90 Å². The second-order valence-corrected chi connectivity index (χ2v) is 5.11. The number of carbonyl (C=O) groups is 1. The second kappa shape index (κ2) is 5.36. The number of aromatic nitrogens is 1. The van der Waals surface area contributed by atoms with E-state index in [9.17, 15) is 9.18 Å². The van der Waals surface area contributed by atoms with Crippen LogP contribution in [0.15, 0.2) is 24.3 Å². The molecule has 0 fully saturated rings. The van der Waals surface area contributed by atoms with Gasteiger partial charge in [0, 0.05) is 17.6 Å². The number of carbonyl (C=O) groups excluding carboxylic acids is 1. The van der Waals surface area contributed by atoms with Gasteiger partial charge in [-0.2, -0.15) is 0 Å². The molecule has 1 aromatic carbocycles. The Balaban J connectivity index is 2.34. The van der Waals surface area contributed by atoms with Crippen molar-refractivity contribution in [2.75, 3.05) is 19.1 Å². The highest BCUT2D eigenvalue weighted by atomic mass is 32.1. The molecule has 19 heavy (non-hydrogen) atoms. The molecule has 0 saturated heterocycles. The van der Waals surface area contributed by atoms with Crippen molar-refractivity contribution in [3.8, 4) is 0 Å². The van der Waals surface area contributed by atoms with Crippen molar-refractivity contribution >= 4 is 28.1 Å². The minimum Gasteiger partial charge on any atom is -0.464 e. The Morgan fingerprint density at radius 3 is 2.84 bits per heavy atom. The molecular formula is C13H13FN2O2S. The van der Waals surface area contributed by atoms with E-state index in [1.165, 1.54) is 30.6 Å². The molecule has 0 saturated carbocycles. The number of ether oxygens (including phenoxy) is 1. The number of rotatable bonds is 3. The Kier molecular flexibility index (Phi) is 3.80. The van der Waals surface area contributed by atoms with Gasteiger partial charge in [0.2, 0.25) is 0 Å². The van der Waals surface area contributed by atoms with Crippen molar-refractivity contribution in [2.45, 2.75) is 6.92 Å². The molecule has 0 unspecified atom stereocenters. The van der Waals surface area contributed by atoms with E-state index in [4.69, 9.17) is 0 Å². The lowest BCUT2D eigenvalue weighted by Gasteiger charge is -2.15. The first kappa shape index (κ1) is 13.5. The Bertz CT molecular complexity index is 612. The van der Waals surface area contributed by atoms with E-state index in [0.717, 1.165) is 4.88 Å². The number of halogens is 1. The van der Waals surface area contributed by atoms with E-state index in [1.54, 1.807) is 31.0 Å². The third kappa shape index (κ3) is 2.73. The van der Waals surface area contributed by atoms with E-state index in [2.05, 4.69) is 9.72 Å². The van der Waals surface area contributed by atoms with Gasteiger partial charge >= 0.3 is 5.97 Å². The van der Waals surface area contributed by atoms with Crippen LogP contribution in [0.4, 0.5) is 15.2 Å². The molecule has 0 bridgehead atoms. The summed E-state index contributed by atoms with van der Waals surface area (Å²) < 4.78 is 17.9. The van der Waals surface area contributed by atoms with Gasteiger partial charge in [-0.3, -0.25) is 0 Å². The van der Waals surface area contributed by atoms with Crippen molar-refractivity contribution in [3.05, 3.63) is 40.7 Å². The monoisotopic (exact) mass is 280 g/mol. The predicted octanol–water partition coefficient (Wildman–Crippen LogP) is 3.15. The summed E-state index contributed by atoms with van der Waals surface area (Å²) in [5, 5.41) is 0.614. The summed E-state index contributed by atoms with van der Waals surface area (Å²) in [6.45, 7) is 1.80. The lowest BCUT2D eigenvalue weighted by molar-refractivity contribution is 0.0594. The zero-order valence-corrected chi connectivity index (χ0v) is 11.6. The molecule has 0 N–H and O–H groups in total. The molecule has 2 aromatic rings. The van der Waals surface area contributed by atoms with Crippen LogP contribution in [0.5, 0.6) is 0 Å². The number of hydrogen-bond donors (Lipinski definition) is 0. The number of esters is 1. The zero-order chi connectivity index (χ0) is 14.0. The Labute approximate surface area is 114 Å². The van der Waals surface area contributed by atoms with Crippen LogP contribution in [0.2, 0.25) is 0 Å². The van der Waals surface area contributed by atoms with Gasteiger partial charge in [0.1, 0.15) is 5.82 Å². The molecule has 2 rings (SSSR count). The fourth-order valence-electron chi connectivity index (χ4n) is 1.61. The highest BCUT2D eigenvalue weighted by Crippen LogP contribution is 2.30. The summed E-state index contributed by atoms with van der Waals surface area (Å²) in [6, 6.07) is 6.19. The number of anilines is 2. The molecule has 0 aliphatic heterocycles. The van der Waals surface area contributed by atoms with Crippen LogP contribution in [0, 0.1) is 12.7 Å². The van der Waals surface area contributed by atoms with Crippen LogP contribution in [0.1, 0.15) is 15.4 Å². The fraction of sp³-hybridized carbons (Fsp3) is 0.231. The first-order chi connectivity index (χ1) is 9.02. The van der Waals surface area contributed by atoms with Crippen molar-refractivity contribution in [2.24, 2.45) is 0 Å². The zero-order valence-electron chi connectivity index (χ0n) is 10.8. The number of hydrogen-bond acceptors (Lipinski definition) is 5. The van der Waals surface area contributed by atoms with Crippen molar-refractivity contribution in [1.29, 1.82) is 0 Å². The van der Waals surface area contributed by atoms with Gasteiger partial charge in [0.15, 0.2) is 10.8 Å². The van der Waals surface area contributed by atoms with Crippen LogP contribution in [-0.2, 0) is 4.74 Å². The standard InChI is InChI=1S/C13H13FN2O2S/c1-8-11(12(17)18-3)15-13(19-8)16(2)10-6-4-5-9(14)7-10/h4-7H,1-3H3. The summed E-state index contributed by atoms with van der Waals surface area (Å²) in [4.78, 5) is 18.2. The minimum atomic E-state index is -0.465. The summed E-state index contributed by atoms with van der Waals surface area (Å²) in [7, 11) is 3.09. The number of nitrogens with zero attached hydrogens (tertiary/aromatic N) is 2. The Morgan fingerprint density at radius 1 is 1.47 bits per heavy atom. The summed E-state index contributed by atoms with van der Waals surface area (Å²) in [5.74, 6) is -0.779. The number of aryl methyl sites for hydroxylation is 1. The molecule has 6 heteroatoms. The maximum Gasteiger partial charge on any atom is 0.357 e. The average molecular weight is 280 g/mol. The van der Waals surface area contributed by atoms with Gasteiger partial charge in [-0.15, -0.1) is 11.3 Å². The first-order valence-electron chi connectivity index (χ1n) is 5.58. The van der Waals surface area contributed by atoms with Crippen LogP contribution >= 0.6 is 11.3 Å². The minimum absolute atomic E-state index is 0.297. The van der Waals surface area contributed by atoms with Gasteiger partial charge in [-0.05, 0) is 25.1 Å². The van der Waals surface area contributed by atoms with E-state index < -0.39 is 5.97 Å². The van der Waals surface area contributed by atoms with Crippen LogP contribution in [0.25, 0.3) is 0 Å². The smallest absolute Gasteiger partial charge is 0.357 e. The topological polar surface area (TPSA) is 42.4 Å². The summed E-state index contributed by atoms with van der Waals surface area (Å²) in [5.41, 5.74) is 0.968. The Hall–Kier alpha value is -1.95. The molecule has 0 spiro atoms. The third-order valence-electron chi connectivity index (χ3n) is 2.65. The quantitative estimate of drug-likeness (QED) is 0.810. The molecule has 0 radical (unpaired) electrons. The molecule has 1 heterocycles. The van der Waals surface area contributed by atoms with E-state index in [1.807, 2.05) is 0 Å². The first-order valence-corrected chi connectivity index (χ1v) is 6.39. The number of benzene rings is 1. The van der Waals surface area contributed by atoms with Crippen LogP contribution in [-0.4, -0.2) is 25.1 Å². The molecule has 4 nitrogen and oxygen atoms in total. The second-order valence-electron chi connectivity index (χ2n) is 3.93. The molecule has 0 amide bonds. The van der Waals surface area contributed by atoms with Gasteiger partial charge < -0.3 is 9.64 Å². The SMILES string of the molecule is COC(=O)c1nc(N(C)c2cccc(F)c2)sc1C. The highest BCUT2D eigenvalue weighted by Gasteiger charge is 2.18. The van der Waals surface area contributed by atoms with Gasteiger partial charge in [-0.1, -0.05) is 6.07 Å². The van der Waals surface area contributed by atoms with Crippen molar-refractivity contribution < 1.29 is 13.9 Å². The van der Waals surface area contributed by atoms with E-state index in [0.29, 0.717) is 16.5 Å². The Morgan fingerprint density at radius 2 is 2.21 bits per heavy atom. The fourth-order valence-corrected chi connectivity index (χ4v) is 2.49. The molecule has 0 atom stereocenters. The van der Waals surface area contributed by atoms with Crippen molar-refractivity contribution in [3.63, 3.8) is 0 Å². The maximum absolute atomic E-state index is 13.2. The lowest BCUT2D eigenvalue weighted by Crippen LogP contribution is -2.10. The lowest BCUT2D eigenvalue weighted by atomic mass is 10.3. The predicted molar refractivity (Wildman–Crippen MR) is 72.7 cm³/mol. The average Bonchev–Trinajstić information content (AvgIpc) is 2.79. The van der Waals surface area contributed by atoms with Crippen molar-refractivity contribution in [1.82, 2.24) is 4.98 Å². The van der Waals surface area contributed by atoms with E-state index in [-0.39, 0.29) is 5.82 Å². The number of thiazole rings is 1. The normalized spacial score (nSPS) is 10.3. The van der Waals surface area contributed by atoms with Crippen LogP contribution in [0.3, 0.4) is 0 Å². The van der Waals surface area contributed by atoms with E-state index >= 15 is 0 Å². The molecule has 100 valence electrons. The number of methoxy groups -OCH3 is 1. The third-order valence-corrected chi connectivity index (χ3v) is 3.69. The highest BCUT2D eigenvalue weighted by molar-refractivity contribution is 7.15. The van der Waals surface area contributed by atoms with Gasteiger partial charge in [-0.25, -0.2) is 14.2 Å². The maximum atomic E-state index is 13.2.